The van der Waals surface area contributed by atoms with E-state index in [1.807, 2.05) is 13.8 Å². The normalized spacial score (nSPS) is 22.5. The number of piperazine rings is 1. The SMILES string of the molecule is CC.c1ccc2c(c1)CC1CNCCN21. The molecule has 0 saturated carbocycles. The summed E-state index contributed by atoms with van der Waals surface area (Å²) in [5, 5.41) is 3.45. The Hall–Kier alpha value is -1.02. The molecule has 0 amide bonds. The fourth-order valence-electron chi connectivity index (χ4n) is 2.48. The average Bonchev–Trinajstić information content (AvgIpc) is 2.70. The molecule has 2 aliphatic rings. The Morgan fingerprint density at radius 1 is 1.27 bits per heavy atom. The molecule has 1 aromatic rings. The number of para-hydroxylation sites is 1. The lowest BCUT2D eigenvalue weighted by Crippen LogP contribution is -2.49. The number of anilines is 1. The van der Waals surface area contributed by atoms with Gasteiger partial charge in [0, 0.05) is 31.4 Å². The van der Waals surface area contributed by atoms with Gasteiger partial charge in [-0.15, -0.1) is 0 Å². The summed E-state index contributed by atoms with van der Waals surface area (Å²) in [6, 6.07) is 9.51. The molecule has 0 aromatic heterocycles. The predicted molar refractivity (Wildman–Crippen MR) is 65.5 cm³/mol. The largest absolute Gasteiger partial charge is 0.365 e. The molecule has 2 nitrogen and oxygen atoms in total. The number of rotatable bonds is 0. The molecule has 15 heavy (non-hydrogen) atoms. The van der Waals surface area contributed by atoms with Crippen molar-refractivity contribution in [3.63, 3.8) is 0 Å². The van der Waals surface area contributed by atoms with Crippen LogP contribution in [0.15, 0.2) is 24.3 Å². The molecule has 3 rings (SSSR count). The maximum Gasteiger partial charge on any atom is 0.0456 e. The van der Waals surface area contributed by atoms with E-state index in [4.69, 9.17) is 0 Å². The van der Waals surface area contributed by atoms with Gasteiger partial charge in [-0.25, -0.2) is 0 Å². The van der Waals surface area contributed by atoms with Crippen molar-refractivity contribution in [1.29, 1.82) is 0 Å². The van der Waals surface area contributed by atoms with Gasteiger partial charge in [0.05, 0.1) is 0 Å². The van der Waals surface area contributed by atoms with Gasteiger partial charge >= 0.3 is 0 Å². The molecule has 1 fully saturated rings. The first-order valence-electron chi connectivity index (χ1n) is 6.00. The van der Waals surface area contributed by atoms with E-state index in [1.54, 1.807) is 0 Å². The number of nitrogens with one attached hydrogen (secondary N) is 1. The summed E-state index contributed by atoms with van der Waals surface area (Å²) in [7, 11) is 0. The molecule has 0 radical (unpaired) electrons. The lowest BCUT2D eigenvalue weighted by Gasteiger charge is -2.32. The molecule has 1 aromatic carbocycles. The number of benzene rings is 1. The van der Waals surface area contributed by atoms with Crippen molar-refractivity contribution in [2.45, 2.75) is 26.3 Å². The van der Waals surface area contributed by atoms with Crippen LogP contribution >= 0.6 is 0 Å². The van der Waals surface area contributed by atoms with Crippen molar-refractivity contribution in [3.8, 4) is 0 Å². The van der Waals surface area contributed by atoms with Crippen LogP contribution in [-0.4, -0.2) is 25.7 Å². The van der Waals surface area contributed by atoms with Crippen LogP contribution in [0.25, 0.3) is 0 Å². The van der Waals surface area contributed by atoms with Gasteiger partial charge in [0.25, 0.3) is 0 Å². The van der Waals surface area contributed by atoms with Gasteiger partial charge in [-0.2, -0.15) is 0 Å². The first-order chi connectivity index (χ1) is 7.45. The Labute approximate surface area is 92.3 Å². The molecule has 2 aliphatic heterocycles. The van der Waals surface area contributed by atoms with Crippen LogP contribution in [0.1, 0.15) is 19.4 Å². The fourth-order valence-corrected chi connectivity index (χ4v) is 2.48. The number of hydrogen-bond acceptors (Lipinski definition) is 2. The molecule has 0 bridgehead atoms. The highest BCUT2D eigenvalue weighted by Crippen LogP contribution is 2.32. The lowest BCUT2D eigenvalue weighted by molar-refractivity contribution is 0.495. The number of fused-ring (bicyclic) bond motifs is 3. The minimum absolute atomic E-state index is 0.714. The Kier molecular flexibility index (Phi) is 3.27. The number of hydrogen-bond donors (Lipinski definition) is 1. The smallest absolute Gasteiger partial charge is 0.0456 e. The third kappa shape index (κ3) is 1.86. The van der Waals surface area contributed by atoms with Crippen molar-refractivity contribution in [2.24, 2.45) is 0 Å². The van der Waals surface area contributed by atoms with Gasteiger partial charge in [-0.3, -0.25) is 0 Å². The van der Waals surface area contributed by atoms with Gasteiger partial charge in [0.15, 0.2) is 0 Å². The molecule has 1 unspecified atom stereocenters. The van der Waals surface area contributed by atoms with E-state index in [9.17, 15) is 0 Å². The molecule has 2 heterocycles. The second-order valence-electron chi connectivity index (χ2n) is 3.88. The van der Waals surface area contributed by atoms with E-state index in [1.165, 1.54) is 24.2 Å². The molecular weight excluding hydrogens is 184 g/mol. The summed E-state index contributed by atoms with van der Waals surface area (Å²) in [6.45, 7) is 7.45. The monoisotopic (exact) mass is 204 g/mol. The van der Waals surface area contributed by atoms with Crippen LogP contribution < -0.4 is 10.2 Å². The Balaban J connectivity index is 0.000000404. The second kappa shape index (κ2) is 4.67. The lowest BCUT2D eigenvalue weighted by atomic mass is 10.1. The van der Waals surface area contributed by atoms with Crippen molar-refractivity contribution in [3.05, 3.63) is 29.8 Å². The average molecular weight is 204 g/mol. The highest BCUT2D eigenvalue weighted by atomic mass is 15.2. The molecular formula is C13H20N2. The Bertz CT molecular complexity index is 322. The second-order valence-corrected chi connectivity index (χ2v) is 3.88. The first-order valence-corrected chi connectivity index (χ1v) is 6.00. The zero-order valence-corrected chi connectivity index (χ0v) is 9.66. The van der Waals surface area contributed by atoms with Gasteiger partial charge in [-0.05, 0) is 18.1 Å². The van der Waals surface area contributed by atoms with E-state index in [-0.39, 0.29) is 0 Å². The minimum Gasteiger partial charge on any atom is -0.365 e. The number of nitrogens with zero attached hydrogens (tertiary/aromatic N) is 1. The molecule has 0 spiro atoms. The molecule has 1 atom stereocenters. The fraction of sp³-hybridized carbons (Fsp3) is 0.538. The highest BCUT2D eigenvalue weighted by molar-refractivity contribution is 5.59. The van der Waals surface area contributed by atoms with Crippen molar-refractivity contribution in [1.82, 2.24) is 5.32 Å². The summed E-state index contributed by atoms with van der Waals surface area (Å²) in [5.74, 6) is 0. The summed E-state index contributed by atoms with van der Waals surface area (Å²) in [4.78, 5) is 2.55. The Morgan fingerprint density at radius 2 is 2.07 bits per heavy atom. The summed E-state index contributed by atoms with van der Waals surface area (Å²) < 4.78 is 0. The van der Waals surface area contributed by atoms with E-state index in [0.29, 0.717) is 6.04 Å². The van der Waals surface area contributed by atoms with Gasteiger partial charge in [0.2, 0.25) is 0 Å². The van der Waals surface area contributed by atoms with Crippen molar-refractivity contribution >= 4 is 5.69 Å². The zero-order valence-electron chi connectivity index (χ0n) is 9.66. The van der Waals surface area contributed by atoms with Crippen LogP contribution in [0.4, 0.5) is 5.69 Å². The van der Waals surface area contributed by atoms with Crippen LogP contribution in [0.5, 0.6) is 0 Å². The van der Waals surface area contributed by atoms with Gasteiger partial charge < -0.3 is 10.2 Å². The maximum absolute atomic E-state index is 3.45. The van der Waals surface area contributed by atoms with Crippen molar-refractivity contribution in [2.75, 3.05) is 24.5 Å². The molecule has 82 valence electrons. The van der Waals surface area contributed by atoms with Crippen LogP contribution in [0.3, 0.4) is 0 Å². The van der Waals surface area contributed by atoms with E-state index >= 15 is 0 Å². The Morgan fingerprint density at radius 3 is 2.93 bits per heavy atom. The first kappa shape index (κ1) is 10.5. The topological polar surface area (TPSA) is 15.3 Å². The summed E-state index contributed by atoms with van der Waals surface area (Å²) >= 11 is 0. The summed E-state index contributed by atoms with van der Waals surface area (Å²) in [5.41, 5.74) is 2.99. The van der Waals surface area contributed by atoms with E-state index < -0.39 is 0 Å². The van der Waals surface area contributed by atoms with Crippen molar-refractivity contribution < 1.29 is 0 Å². The zero-order chi connectivity index (χ0) is 10.7. The molecule has 1 N–H and O–H groups in total. The third-order valence-electron chi connectivity index (χ3n) is 3.11. The minimum atomic E-state index is 0.714. The van der Waals surface area contributed by atoms with E-state index in [0.717, 1.165) is 13.1 Å². The highest BCUT2D eigenvalue weighted by Gasteiger charge is 2.30. The van der Waals surface area contributed by atoms with Crippen LogP contribution in [0.2, 0.25) is 0 Å². The quantitative estimate of drug-likeness (QED) is 0.696. The van der Waals surface area contributed by atoms with Crippen LogP contribution in [0, 0.1) is 0 Å². The molecule has 0 aliphatic carbocycles. The van der Waals surface area contributed by atoms with Crippen LogP contribution in [-0.2, 0) is 6.42 Å². The molecule has 2 heteroatoms. The predicted octanol–water partition coefficient (Wildman–Crippen LogP) is 2.05. The standard InChI is InChI=1S/C11H14N2.C2H6/c1-2-4-11-9(3-1)7-10-8-12-5-6-13(10)11;1-2/h1-4,10,12H,5-8H2;1-2H3. The third-order valence-corrected chi connectivity index (χ3v) is 3.11. The van der Waals surface area contributed by atoms with E-state index in [2.05, 4.69) is 34.5 Å². The van der Waals surface area contributed by atoms with Gasteiger partial charge in [-0.1, -0.05) is 32.0 Å². The van der Waals surface area contributed by atoms with Gasteiger partial charge in [0.1, 0.15) is 0 Å². The molecule has 1 saturated heterocycles. The summed E-state index contributed by atoms with van der Waals surface area (Å²) in [6.07, 6.45) is 1.23. The maximum atomic E-state index is 3.45.